The molecule has 0 aromatic carbocycles. The molecule has 152 valence electrons. The zero-order valence-electron chi connectivity index (χ0n) is 18.4. The van der Waals surface area contributed by atoms with Crippen molar-refractivity contribution < 1.29 is 57.9 Å². The monoisotopic (exact) mass is 394 g/mol. The van der Waals surface area contributed by atoms with E-state index >= 15 is 0 Å². The molecule has 1 fully saturated rings. The SMILES string of the molecule is [2H]CC(=O)OC1O[C@H](C(=O)OCC)[C@@H](OC(=O)C[2H])[C@H](OC(=O)C[2H])[C@H]1OC(=O)C[2H]. The molecule has 0 aromatic heterocycles. The third-order valence-corrected chi connectivity index (χ3v) is 3.06. The molecule has 1 rings (SSSR count). The molecule has 0 N–H and O–H groups in total. The molecule has 0 radical (unpaired) electrons. The van der Waals surface area contributed by atoms with E-state index in [1.54, 1.807) is 0 Å². The molecule has 0 bridgehead atoms. The first-order valence-electron chi connectivity index (χ1n) is 10.3. The molecular weight excluding hydrogens is 368 g/mol. The van der Waals surface area contributed by atoms with Gasteiger partial charge in [0.2, 0.25) is 12.4 Å². The fourth-order valence-electron chi connectivity index (χ4n) is 2.29. The van der Waals surface area contributed by atoms with E-state index in [0.717, 1.165) is 0 Å². The zero-order chi connectivity index (χ0) is 23.6. The van der Waals surface area contributed by atoms with Crippen LogP contribution in [-0.2, 0) is 52.4 Å². The molecule has 1 aliphatic rings. The van der Waals surface area contributed by atoms with Crippen molar-refractivity contribution in [3.8, 4) is 0 Å². The Kier molecular flexibility index (Phi) is 6.02. The molecule has 1 heterocycles. The van der Waals surface area contributed by atoms with E-state index in [2.05, 4.69) is 0 Å². The Morgan fingerprint density at radius 2 is 1.26 bits per heavy atom. The van der Waals surface area contributed by atoms with Crippen molar-refractivity contribution in [2.24, 2.45) is 0 Å². The van der Waals surface area contributed by atoms with Crippen molar-refractivity contribution in [1.82, 2.24) is 0 Å². The highest BCUT2D eigenvalue weighted by molar-refractivity contribution is 5.77. The topological polar surface area (TPSA) is 141 Å². The highest BCUT2D eigenvalue weighted by atomic mass is 16.7. The van der Waals surface area contributed by atoms with E-state index in [4.69, 9.17) is 33.9 Å². The number of hydrogen-bond donors (Lipinski definition) is 0. The first-order valence-corrected chi connectivity index (χ1v) is 7.49. The summed E-state index contributed by atoms with van der Waals surface area (Å²) in [5.74, 6) is -5.80. The van der Waals surface area contributed by atoms with Crippen LogP contribution in [0.4, 0.5) is 0 Å². The Morgan fingerprint density at radius 3 is 1.78 bits per heavy atom. The molecule has 1 saturated heterocycles. The van der Waals surface area contributed by atoms with Gasteiger partial charge < -0.3 is 28.4 Å². The Hall–Kier alpha value is -2.69. The highest BCUT2D eigenvalue weighted by Gasteiger charge is 2.56. The van der Waals surface area contributed by atoms with Crippen LogP contribution >= 0.6 is 0 Å². The van der Waals surface area contributed by atoms with Crippen LogP contribution < -0.4 is 0 Å². The smallest absolute Gasteiger partial charge is 0.339 e. The molecule has 0 aromatic rings. The van der Waals surface area contributed by atoms with Gasteiger partial charge in [-0.3, -0.25) is 19.2 Å². The summed E-state index contributed by atoms with van der Waals surface area (Å²) in [6, 6.07) is 0. The van der Waals surface area contributed by atoms with Crippen LogP contribution in [0.3, 0.4) is 0 Å². The summed E-state index contributed by atoms with van der Waals surface area (Å²) in [4.78, 5) is 59.3. The van der Waals surface area contributed by atoms with Crippen molar-refractivity contribution in [1.29, 1.82) is 0 Å². The van der Waals surface area contributed by atoms with Crippen molar-refractivity contribution in [2.45, 2.75) is 65.2 Å². The molecule has 11 nitrogen and oxygen atoms in total. The van der Waals surface area contributed by atoms with Crippen LogP contribution in [0, 0.1) is 0 Å². The van der Waals surface area contributed by atoms with Crippen LogP contribution in [0.15, 0.2) is 0 Å². The largest absolute Gasteiger partial charge is 0.464 e. The summed E-state index contributed by atoms with van der Waals surface area (Å²) in [6.07, 6.45) is -9.19. The molecule has 0 spiro atoms. The lowest BCUT2D eigenvalue weighted by molar-refractivity contribution is -0.294. The molecule has 11 heteroatoms. The van der Waals surface area contributed by atoms with Crippen LogP contribution in [-0.4, -0.2) is 67.2 Å². The van der Waals surface area contributed by atoms with Gasteiger partial charge in [0.15, 0.2) is 18.3 Å². The number of rotatable bonds is 6. The van der Waals surface area contributed by atoms with Gasteiger partial charge in [0.25, 0.3) is 0 Å². The van der Waals surface area contributed by atoms with Crippen molar-refractivity contribution in [3.05, 3.63) is 0 Å². The summed E-state index contributed by atoms with van der Waals surface area (Å²) in [5.41, 5.74) is 0. The summed E-state index contributed by atoms with van der Waals surface area (Å²) in [5, 5.41) is 0. The lowest BCUT2D eigenvalue weighted by atomic mass is 9.97. The van der Waals surface area contributed by atoms with Crippen LogP contribution in [0.25, 0.3) is 0 Å². The molecule has 0 saturated carbocycles. The molecule has 5 atom stereocenters. The fourth-order valence-corrected chi connectivity index (χ4v) is 2.29. The standard InChI is InChI=1S/C16H22O11/c1-6-22-15(21)13-11(23-7(2)17)12(24-8(3)18)14(25-9(4)19)16(27-13)26-10(5)20/h11-14,16H,6H2,1-5H3/t11-,12-,13-,14+,16?/m0/s1/i2D,3D,4D,5D. The summed E-state index contributed by atoms with van der Waals surface area (Å²) < 4.78 is 58.4. The van der Waals surface area contributed by atoms with E-state index < -0.39 is 88.2 Å². The molecule has 27 heavy (non-hydrogen) atoms. The molecule has 1 unspecified atom stereocenters. The van der Waals surface area contributed by atoms with Gasteiger partial charge in [-0.2, -0.15) is 0 Å². The van der Waals surface area contributed by atoms with Gasteiger partial charge in [0.05, 0.1) is 6.61 Å². The first-order chi connectivity index (χ1) is 14.7. The van der Waals surface area contributed by atoms with E-state index in [-0.39, 0.29) is 6.61 Å². The number of esters is 5. The molecular formula is C16H22O11. The third-order valence-electron chi connectivity index (χ3n) is 3.06. The molecule has 1 aliphatic heterocycles. The van der Waals surface area contributed by atoms with Crippen molar-refractivity contribution >= 4 is 29.8 Å². The quantitative estimate of drug-likeness (QED) is 0.430. The average molecular weight is 394 g/mol. The van der Waals surface area contributed by atoms with Gasteiger partial charge in [-0.05, 0) is 6.92 Å². The maximum Gasteiger partial charge on any atom is 0.339 e. The first kappa shape index (κ1) is 16.5. The van der Waals surface area contributed by atoms with Gasteiger partial charge in [-0.25, -0.2) is 4.79 Å². The van der Waals surface area contributed by atoms with E-state index in [1.807, 2.05) is 0 Å². The van der Waals surface area contributed by atoms with E-state index in [9.17, 15) is 24.0 Å². The maximum atomic E-state index is 12.4. The van der Waals surface area contributed by atoms with Crippen molar-refractivity contribution in [2.75, 3.05) is 6.61 Å². The van der Waals surface area contributed by atoms with Crippen LogP contribution in [0.5, 0.6) is 0 Å². The minimum absolute atomic E-state index is 0.136. The average Bonchev–Trinajstić information content (AvgIpc) is 2.76. The zero-order valence-corrected chi connectivity index (χ0v) is 14.4. The predicted octanol–water partition coefficient (Wildman–Crippen LogP) is -0.367. The molecule has 0 aliphatic carbocycles. The number of carbonyl (C=O) groups is 5. The Bertz CT molecular complexity index is 674. The fraction of sp³-hybridized carbons (Fsp3) is 0.688. The second-order valence-electron chi connectivity index (χ2n) is 5.03. The number of ether oxygens (including phenoxy) is 6. The third kappa shape index (κ3) is 6.51. The van der Waals surface area contributed by atoms with E-state index in [1.165, 1.54) is 6.92 Å². The Morgan fingerprint density at radius 1 is 0.778 bits per heavy atom. The van der Waals surface area contributed by atoms with Gasteiger partial charge in [-0.15, -0.1) is 0 Å². The Labute approximate surface area is 160 Å². The number of carbonyl (C=O) groups excluding carboxylic acids is 5. The predicted molar refractivity (Wildman–Crippen MR) is 83.7 cm³/mol. The van der Waals surface area contributed by atoms with E-state index in [0.29, 0.717) is 0 Å². The maximum absolute atomic E-state index is 12.4. The lowest BCUT2D eigenvalue weighted by Crippen LogP contribution is -2.64. The van der Waals surface area contributed by atoms with Gasteiger partial charge in [0.1, 0.15) is 0 Å². The summed E-state index contributed by atoms with van der Waals surface area (Å²) in [7, 11) is 0. The Balaban J connectivity index is 3.47. The normalized spacial score (nSPS) is 29.0. The second-order valence-corrected chi connectivity index (χ2v) is 5.03. The van der Waals surface area contributed by atoms with Gasteiger partial charge in [0, 0.05) is 33.1 Å². The number of hydrogen-bond acceptors (Lipinski definition) is 11. The van der Waals surface area contributed by atoms with Crippen LogP contribution in [0.1, 0.15) is 40.0 Å². The lowest BCUT2D eigenvalue weighted by Gasteiger charge is -2.42. The van der Waals surface area contributed by atoms with Crippen LogP contribution in [0.2, 0.25) is 0 Å². The minimum atomic E-state index is -1.91. The highest BCUT2D eigenvalue weighted by Crippen LogP contribution is 2.30. The molecule has 0 amide bonds. The minimum Gasteiger partial charge on any atom is -0.464 e. The van der Waals surface area contributed by atoms with Gasteiger partial charge in [-0.1, -0.05) is 0 Å². The summed E-state index contributed by atoms with van der Waals surface area (Å²) in [6.45, 7) is -2.25. The summed E-state index contributed by atoms with van der Waals surface area (Å²) >= 11 is 0. The second kappa shape index (κ2) is 9.86. The van der Waals surface area contributed by atoms with Crippen molar-refractivity contribution in [3.63, 3.8) is 0 Å². The van der Waals surface area contributed by atoms with Gasteiger partial charge >= 0.3 is 29.8 Å².